The number of hydrogen-bond donors (Lipinski definition) is 1. The molecular weight excluding hydrogens is 340 g/mol. The average Bonchev–Trinajstić information content (AvgIpc) is 3.33. The Labute approximate surface area is 158 Å². The third-order valence-corrected chi connectivity index (χ3v) is 5.21. The topological polar surface area (TPSA) is 73.0 Å². The maximum atomic E-state index is 12.5. The Morgan fingerprint density at radius 2 is 2.00 bits per heavy atom. The lowest BCUT2D eigenvalue weighted by Gasteiger charge is -2.11. The molecule has 0 aliphatic heterocycles. The highest BCUT2D eigenvalue weighted by Gasteiger charge is 2.30. The fourth-order valence-electron chi connectivity index (χ4n) is 3.30. The van der Waals surface area contributed by atoms with E-state index in [0.717, 1.165) is 41.2 Å². The molecule has 6 heteroatoms. The number of nitrogens with zero attached hydrogens (tertiary/aromatic N) is 3. The van der Waals surface area contributed by atoms with Crippen LogP contribution in [-0.4, -0.2) is 20.7 Å². The maximum Gasteiger partial charge on any atom is 0.249 e. The number of carbonyl (C=O) groups is 1. The van der Waals surface area contributed by atoms with E-state index in [9.17, 15) is 4.79 Å². The number of rotatable bonds is 6. The molecule has 0 bridgehead atoms. The Balaban J connectivity index is 1.46. The molecule has 1 aromatic carbocycles. The minimum atomic E-state index is -0.0178. The predicted molar refractivity (Wildman–Crippen MR) is 102 cm³/mol. The van der Waals surface area contributed by atoms with Gasteiger partial charge in [-0.05, 0) is 50.8 Å². The van der Waals surface area contributed by atoms with E-state index >= 15 is 0 Å². The van der Waals surface area contributed by atoms with Crippen LogP contribution in [0.2, 0.25) is 0 Å². The van der Waals surface area contributed by atoms with Gasteiger partial charge in [-0.25, -0.2) is 0 Å². The summed E-state index contributed by atoms with van der Waals surface area (Å²) in [6, 6.07) is 10.1. The second-order valence-electron chi connectivity index (χ2n) is 7.29. The van der Waals surface area contributed by atoms with Crippen molar-refractivity contribution in [3.63, 3.8) is 0 Å². The van der Waals surface area contributed by atoms with E-state index in [-0.39, 0.29) is 12.5 Å². The zero-order valence-corrected chi connectivity index (χ0v) is 16.0. The maximum absolute atomic E-state index is 12.5. The van der Waals surface area contributed by atoms with E-state index in [1.165, 1.54) is 5.56 Å². The lowest BCUT2D eigenvalue weighted by molar-refractivity contribution is -0.121. The van der Waals surface area contributed by atoms with Gasteiger partial charge in [-0.2, -0.15) is 0 Å². The molecule has 3 aromatic rings. The minimum absolute atomic E-state index is 0.0178. The quantitative estimate of drug-likeness (QED) is 0.724. The predicted octanol–water partition coefficient (Wildman–Crippen LogP) is 3.66. The van der Waals surface area contributed by atoms with Crippen LogP contribution in [0, 0.1) is 20.8 Å². The van der Waals surface area contributed by atoms with Crippen LogP contribution in [0.3, 0.4) is 0 Å². The third-order valence-electron chi connectivity index (χ3n) is 5.21. The highest BCUT2D eigenvalue weighted by Crippen LogP contribution is 2.40. The monoisotopic (exact) mass is 364 g/mol. The van der Waals surface area contributed by atoms with Crippen molar-refractivity contribution in [2.75, 3.05) is 0 Å². The van der Waals surface area contributed by atoms with E-state index in [0.29, 0.717) is 18.4 Å². The molecule has 2 heterocycles. The Bertz CT molecular complexity index is 982. The zero-order chi connectivity index (χ0) is 19.0. The summed E-state index contributed by atoms with van der Waals surface area (Å²) >= 11 is 0. The summed E-state index contributed by atoms with van der Waals surface area (Å²) in [7, 11) is 0. The molecule has 1 aliphatic carbocycles. The van der Waals surface area contributed by atoms with Gasteiger partial charge in [-0.15, -0.1) is 10.2 Å². The third kappa shape index (κ3) is 3.65. The largest absolute Gasteiger partial charge is 0.420 e. The smallest absolute Gasteiger partial charge is 0.249 e. The van der Waals surface area contributed by atoms with Crippen LogP contribution >= 0.6 is 0 Å². The summed E-state index contributed by atoms with van der Waals surface area (Å²) in [5, 5.41) is 11.4. The number of carbonyl (C=O) groups excluding carboxylic acids is 1. The van der Waals surface area contributed by atoms with Crippen LogP contribution in [0.5, 0.6) is 0 Å². The molecule has 140 valence electrons. The molecule has 1 amide bonds. The van der Waals surface area contributed by atoms with Crippen molar-refractivity contribution in [2.45, 2.75) is 52.6 Å². The van der Waals surface area contributed by atoms with Gasteiger partial charge in [0.1, 0.15) is 6.54 Å². The average molecular weight is 364 g/mol. The van der Waals surface area contributed by atoms with Crippen molar-refractivity contribution in [3.05, 3.63) is 58.7 Å². The molecule has 0 atom stereocenters. The summed E-state index contributed by atoms with van der Waals surface area (Å²) in [4.78, 5) is 12.5. The molecular formula is C21H24N4O2. The number of aromatic nitrogens is 3. The zero-order valence-electron chi connectivity index (χ0n) is 16.0. The van der Waals surface area contributed by atoms with Crippen molar-refractivity contribution in [3.8, 4) is 11.5 Å². The van der Waals surface area contributed by atoms with Crippen LogP contribution in [0.4, 0.5) is 0 Å². The van der Waals surface area contributed by atoms with Crippen LogP contribution < -0.4 is 5.32 Å². The Morgan fingerprint density at radius 1 is 1.22 bits per heavy atom. The SMILES string of the molecule is Cc1ccccc1CNC(=O)Cn1c(C)cc(-c2nnc(C3CC3)o2)c1C. The molecule has 0 unspecified atom stereocenters. The van der Waals surface area contributed by atoms with Gasteiger partial charge < -0.3 is 14.3 Å². The molecule has 6 nitrogen and oxygen atoms in total. The normalized spacial score (nSPS) is 13.7. The molecule has 0 radical (unpaired) electrons. The number of aryl methyl sites for hydroxylation is 2. The Hall–Kier alpha value is -2.89. The van der Waals surface area contributed by atoms with E-state index in [1.807, 2.05) is 55.7 Å². The summed E-state index contributed by atoms with van der Waals surface area (Å²) in [5.41, 5.74) is 5.17. The van der Waals surface area contributed by atoms with E-state index in [2.05, 4.69) is 15.5 Å². The minimum Gasteiger partial charge on any atom is -0.420 e. The molecule has 1 aliphatic rings. The summed E-state index contributed by atoms with van der Waals surface area (Å²) in [6.07, 6.45) is 2.25. The fraction of sp³-hybridized carbons (Fsp3) is 0.381. The Kier molecular flexibility index (Phi) is 4.56. The van der Waals surface area contributed by atoms with Gasteiger partial charge in [-0.1, -0.05) is 24.3 Å². The van der Waals surface area contributed by atoms with Crippen LogP contribution in [-0.2, 0) is 17.9 Å². The van der Waals surface area contributed by atoms with Crippen LogP contribution in [0.25, 0.3) is 11.5 Å². The Morgan fingerprint density at radius 3 is 2.74 bits per heavy atom. The van der Waals surface area contributed by atoms with Crippen molar-refractivity contribution >= 4 is 5.91 Å². The standard InChI is InChI=1S/C21H24N4O2/c1-13-6-4-5-7-17(13)11-22-19(26)12-25-14(2)10-18(15(25)3)21-24-23-20(27-21)16-8-9-16/h4-7,10,16H,8-9,11-12H2,1-3H3,(H,22,26). The number of hydrogen-bond acceptors (Lipinski definition) is 4. The summed E-state index contributed by atoms with van der Waals surface area (Å²) < 4.78 is 7.82. The molecule has 2 aromatic heterocycles. The first-order chi connectivity index (χ1) is 13.0. The van der Waals surface area contributed by atoms with Gasteiger partial charge in [-0.3, -0.25) is 4.79 Å². The van der Waals surface area contributed by atoms with Gasteiger partial charge in [0.2, 0.25) is 17.7 Å². The van der Waals surface area contributed by atoms with Crippen molar-refractivity contribution < 1.29 is 9.21 Å². The first-order valence-corrected chi connectivity index (χ1v) is 9.34. The van der Waals surface area contributed by atoms with Crippen LogP contribution in [0.1, 0.15) is 47.2 Å². The summed E-state index contributed by atoms with van der Waals surface area (Å²) in [5.74, 6) is 1.68. The molecule has 1 N–H and O–H groups in total. The van der Waals surface area contributed by atoms with Crippen LogP contribution in [0.15, 0.2) is 34.7 Å². The number of amides is 1. The summed E-state index contributed by atoms with van der Waals surface area (Å²) in [6.45, 7) is 6.83. The first kappa shape index (κ1) is 17.5. The van der Waals surface area contributed by atoms with Gasteiger partial charge in [0.15, 0.2) is 0 Å². The van der Waals surface area contributed by atoms with E-state index in [4.69, 9.17) is 4.42 Å². The number of nitrogens with one attached hydrogen (secondary N) is 1. The number of benzene rings is 1. The molecule has 0 saturated heterocycles. The van der Waals surface area contributed by atoms with Gasteiger partial charge in [0.05, 0.1) is 5.56 Å². The van der Waals surface area contributed by atoms with Crippen molar-refractivity contribution in [2.24, 2.45) is 0 Å². The fourth-order valence-corrected chi connectivity index (χ4v) is 3.30. The lowest BCUT2D eigenvalue weighted by atomic mass is 10.1. The highest BCUT2D eigenvalue weighted by molar-refractivity contribution is 5.76. The van der Waals surface area contributed by atoms with Crippen molar-refractivity contribution in [1.82, 2.24) is 20.1 Å². The molecule has 1 saturated carbocycles. The second kappa shape index (κ2) is 7.02. The van der Waals surface area contributed by atoms with Gasteiger partial charge >= 0.3 is 0 Å². The highest BCUT2D eigenvalue weighted by atomic mass is 16.4. The molecule has 0 spiro atoms. The van der Waals surface area contributed by atoms with E-state index < -0.39 is 0 Å². The molecule has 1 fully saturated rings. The first-order valence-electron chi connectivity index (χ1n) is 9.34. The van der Waals surface area contributed by atoms with Gasteiger partial charge in [0.25, 0.3) is 0 Å². The molecule has 27 heavy (non-hydrogen) atoms. The van der Waals surface area contributed by atoms with Crippen molar-refractivity contribution in [1.29, 1.82) is 0 Å². The molecule has 4 rings (SSSR count). The van der Waals surface area contributed by atoms with E-state index in [1.54, 1.807) is 0 Å². The van der Waals surface area contributed by atoms with Gasteiger partial charge in [0, 0.05) is 23.9 Å². The second-order valence-corrected chi connectivity index (χ2v) is 7.29. The lowest BCUT2D eigenvalue weighted by Crippen LogP contribution is -2.28.